The van der Waals surface area contributed by atoms with Crippen LogP contribution in [-0.4, -0.2) is 49.8 Å². The first kappa shape index (κ1) is 18.8. The maximum Gasteiger partial charge on any atom is 0.243 e. The Morgan fingerprint density at radius 1 is 1.04 bits per heavy atom. The van der Waals surface area contributed by atoms with Crippen LogP contribution in [-0.2, 0) is 14.8 Å². The maximum atomic E-state index is 12.7. The molecule has 140 valence electrons. The van der Waals surface area contributed by atoms with Gasteiger partial charge in [0.1, 0.15) is 0 Å². The SMILES string of the molecule is N#Cc1ccc(S(=O)(=O)N2CCC(C(=O)NN3CCCCC3)CC2)cc1. The van der Waals surface area contributed by atoms with Crippen LogP contribution >= 0.6 is 0 Å². The van der Waals surface area contributed by atoms with E-state index >= 15 is 0 Å². The summed E-state index contributed by atoms with van der Waals surface area (Å²) in [5.74, 6) is -0.147. The van der Waals surface area contributed by atoms with Crippen LogP contribution in [0.15, 0.2) is 29.2 Å². The number of hydrogen-bond donors (Lipinski definition) is 1. The molecule has 1 N–H and O–H groups in total. The maximum absolute atomic E-state index is 12.7. The Morgan fingerprint density at radius 3 is 2.23 bits per heavy atom. The monoisotopic (exact) mass is 376 g/mol. The Morgan fingerprint density at radius 2 is 1.65 bits per heavy atom. The quantitative estimate of drug-likeness (QED) is 0.859. The van der Waals surface area contributed by atoms with Crippen LogP contribution in [0.2, 0.25) is 0 Å². The summed E-state index contributed by atoms with van der Waals surface area (Å²) in [6, 6.07) is 7.91. The van der Waals surface area contributed by atoms with Crippen molar-refractivity contribution in [2.45, 2.75) is 37.0 Å². The van der Waals surface area contributed by atoms with Crippen LogP contribution < -0.4 is 5.43 Å². The topological polar surface area (TPSA) is 93.5 Å². The van der Waals surface area contributed by atoms with E-state index in [2.05, 4.69) is 5.43 Å². The molecule has 0 bridgehead atoms. The largest absolute Gasteiger partial charge is 0.289 e. The number of hydrazine groups is 1. The number of hydrogen-bond acceptors (Lipinski definition) is 5. The fourth-order valence-corrected chi connectivity index (χ4v) is 4.93. The second-order valence-electron chi connectivity index (χ2n) is 6.84. The summed E-state index contributed by atoms with van der Waals surface area (Å²) >= 11 is 0. The lowest BCUT2D eigenvalue weighted by atomic mass is 9.97. The van der Waals surface area contributed by atoms with Gasteiger partial charge in [0.25, 0.3) is 0 Å². The van der Waals surface area contributed by atoms with Crippen molar-refractivity contribution < 1.29 is 13.2 Å². The number of nitrogens with zero attached hydrogens (tertiary/aromatic N) is 3. The average molecular weight is 376 g/mol. The number of piperidine rings is 2. The highest BCUT2D eigenvalue weighted by molar-refractivity contribution is 7.89. The van der Waals surface area contributed by atoms with E-state index in [4.69, 9.17) is 5.26 Å². The van der Waals surface area contributed by atoms with Gasteiger partial charge >= 0.3 is 0 Å². The minimum absolute atomic E-state index is 0.00215. The van der Waals surface area contributed by atoms with Gasteiger partial charge in [0.05, 0.1) is 16.5 Å². The summed E-state index contributed by atoms with van der Waals surface area (Å²) in [5.41, 5.74) is 3.41. The molecule has 7 nitrogen and oxygen atoms in total. The van der Waals surface area contributed by atoms with Gasteiger partial charge in [0.2, 0.25) is 15.9 Å². The standard InChI is InChI=1S/C18H24N4O3S/c19-14-15-4-6-17(7-5-15)26(24,25)22-12-8-16(9-13-22)18(23)20-21-10-2-1-3-11-21/h4-7,16H,1-3,8-13H2,(H,20,23). The summed E-state index contributed by atoms with van der Waals surface area (Å²) < 4.78 is 26.9. The molecule has 0 atom stereocenters. The minimum atomic E-state index is -3.58. The molecule has 0 unspecified atom stereocenters. The van der Waals surface area contributed by atoms with Gasteiger partial charge in [0, 0.05) is 32.1 Å². The van der Waals surface area contributed by atoms with E-state index in [1.807, 2.05) is 11.1 Å². The van der Waals surface area contributed by atoms with E-state index in [9.17, 15) is 13.2 Å². The second kappa shape index (κ2) is 8.16. The summed E-state index contributed by atoms with van der Waals surface area (Å²) in [6.45, 7) is 2.44. The average Bonchev–Trinajstić information content (AvgIpc) is 2.69. The van der Waals surface area contributed by atoms with Crippen molar-refractivity contribution >= 4 is 15.9 Å². The molecule has 3 rings (SSSR count). The number of sulfonamides is 1. The first-order chi connectivity index (χ1) is 12.5. The van der Waals surface area contributed by atoms with Crippen LogP contribution in [0.3, 0.4) is 0 Å². The van der Waals surface area contributed by atoms with E-state index < -0.39 is 10.0 Å². The van der Waals surface area contributed by atoms with Gasteiger partial charge in [-0.1, -0.05) is 6.42 Å². The number of nitrogens with one attached hydrogen (secondary N) is 1. The summed E-state index contributed by atoms with van der Waals surface area (Å²) in [5, 5.41) is 10.8. The summed E-state index contributed by atoms with van der Waals surface area (Å²) in [7, 11) is -3.58. The molecule has 0 saturated carbocycles. The first-order valence-corrected chi connectivity index (χ1v) is 10.5. The van der Waals surface area contributed by atoms with E-state index in [0.29, 0.717) is 31.5 Å². The van der Waals surface area contributed by atoms with Crippen molar-refractivity contribution in [2.75, 3.05) is 26.2 Å². The number of amides is 1. The van der Waals surface area contributed by atoms with Crippen molar-refractivity contribution in [3.8, 4) is 6.07 Å². The van der Waals surface area contributed by atoms with Crippen LogP contribution in [0.25, 0.3) is 0 Å². The molecule has 0 aliphatic carbocycles. The number of carbonyl (C=O) groups is 1. The predicted octanol–water partition coefficient (Wildman–Crippen LogP) is 1.48. The molecule has 2 saturated heterocycles. The van der Waals surface area contributed by atoms with Crippen molar-refractivity contribution in [3.05, 3.63) is 29.8 Å². The molecule has 0 radical (unpaired) electrons. The van der Waals surface area contributed by atoms with Gasteiger partial charge in [-0.2, -0.15) is 9.57 Å². The van der Waals surface area contributed by atoms with E-state index in [-0.39, 0.29) is 16.7 Å². The lowest BCUT2D eigenvalue weighted by molar-refractivity contribution is -0.131. The zero-order valence-corrected chi connectivity index (χ0v) is 15.5. The van der Waals surface area contributed by atoms with E-state index in [0.717, 1.165) is 25.9 Å². The molecule has 0 aromatic heterocycles. The second-order valence-corrected chi connectivity index (χ2v) is 8.78. The third-order valence-electron chi connectivity index (χ3n) is 5.07. The van der Waals surface area contributed by atoms with Crippen molar-refractivity contribution in [1.82, 2.24) is 14.7 Å². The lowest BCUT2D eigenvalue weighted by Gasteiger charge is -2.33. The number of benzene rings is 1. The Balaban J connectivity index is 1.56. The molecule has 8 heteroatoms. The van der Waals surface area contributed by atoms with Gasteiger partial charge in [-0.25, -0.2) is 13.4 Å². The molecule has 1 aromatic rings. The van der Waals surface area contributed by atoms with Gasteiger partial charge in [-0.15, -0.1) is 0 Å². The molecule has 26 heavy (non-hydrogen) atoms. The zero-order valence-electron chi connectivity index (χ0n) is 14.7. The van der Waals surface area contributed by atoms with Crippen molar-refractivity contribution in [1.29, 1.82) is 5.26 Å². The zero-order chi connectivity index (χ0) is 18.6. The Hall–Kier alpha value is -1.95. The third kappa shape index (κ3) is 4.23. The predicted molar refractivity (Wildman–Crippen MR) is 96.2 cm³/mol. The fourth-order valence-electron chi connectivity index (χ4n) is 3.46. The Labute approximate surface area is 154 Å². The smallest absolute Gasteiger partial charge is 0.243 e. The van der Waals surface area contributed by atoms with Crippen LogP contribution in [0.1, 0.15) is 37.7 Å². The lowest BCUT2D eigenvalue weighted by Crippen LogP contribution is -2.49. The molecule has 2 heterocycles. The molecule has 1 amide bonds. The molecular weight excluding hydrogens is 352 g/mol. The molecule has 2 aliphatic heterocycles. The fraction of sp³-hybridized carbons (Fsp3) is 0.556. The van der Waals surface area contributed by atoms with Crippen molar-refractivity contribution in [2.24, 2.45) is 5.92 Å². The van der Waals surface area contributed by atoms with Gasteiger partial charge < -0.3 is 0 Å². The molecular formula is C18H24N4O3S. The normalized spacial score (nSPS) is 20.4. The Bertz CT molecular complexity index is 772. The third-order valence-corrected chi connectivity index (χ3v) is 6.98. The highest BCUT2D eigenvalue weighted by Gasteiger charge is 2.32. The highest BCUT2D eigenvalue weighted by atomic mass is 32.2. The highest BCUT2D eigenvalue weighted by Crippen LogP contribution is 2.24. The van der Waals surface area contributed by atoms with Crippen LogP contribution in [0, 0.1) is 17.2 Å². The van der Waals surface area contributed by atoms with Crippen LogP contribution in [0.5, 0.6) is 0 Å². The van der Waals surface area contributed by atoms with E-state index in [1.54, 1.807) is 0 Å². The number of nitriles is 1. The molecule has 1 aromatic carbocycles. The number of carbonyl (C=O) groups excluding carboxylic acids is 1. The van der Waals surface area contributed by atoms with Crippen molar-refractivity contribution in [3.63, 3.8) is 0 Å². The van der Waals surface area contributed by atoms with Gasteiger partial charge in [-0.3, -0.25) is 10.2 Å². The first-order valence-electron chi connectivity index (χ1n) is 9.06. The molecule has 2 aliphatic rings. The number of rotatable bonds is 4. The van der Waals surface area contributed by atoms with E-state index in [1.165, 1.54) is 35.0 Å². The van der Waals surface area contributed by atoms with Gasteiger partial charge in [-0.05, 0) is 49.9 Å². The molecule has 2 fully saturated rings. The Kier molecular flexibility index (Phi) is 5.91. The summed E-state index contributed by atoms with van der Waals surface area (Å²) in [4.78, 5) is 12.6. The minimum Gasteiger partial charge on any atom is -0.289 e. The summed E-state index contributed by atoms with van der Waals surface area (Å²) in [6.07, 6.45) is 4.45. The van der Waals surface area contributed by atoms with Gasteiger partial charge in [0.15, 0.2) is 0 Å². The van der Waals surface area contributed by atoms with Crippen LogP contribution in [0.4, 0.5) is 0 Å². The molecule has 0 spiro atoms.